The molecule has 2 aromatic carbocycles. The summed E-state index contributed by atoms with van der Waals surface area (Å²) in [5.74, 6) is 0.990. The van der Waals surface area contributed by atoms with Gasteiger partial charge < -0.3 is 9.47 Å². The van der Waals surface area contributed by atoms with Gasteiger partial charge in [0.2, 0.25) is 5.91 Å². The van der Waals surface area contributed by atoms with Gasteiger partial charge in [-0.05, 0) is 48.1 Å². The van der Waals surface area contributed by atoms with Gasteiger partial charge in [0.05, 0.1) is 0 Å². The minimum absolute atomic E-state index is 0.0233. The molecule has 4 rings (SSSR count). The number of piperidine rings is 1. The first-order valence-corrected chi connectivity index (χ1v) is 10.5. The number of halogens is 1. The Bertz CT molecular complexity index is 968. The number of nitrogens with zero attached hydrogens (tertiary/aromatic N) is 2. The molecule has 0 bridgehead atoms. The van der Waals surface area contributed by atoms with Crippen LogP contribution in [0.3, 0.4) is 0 Å². The molecule has 3 aromatic rings. The average molecular weight is 395 g/mol. The molecule has 1 fully saturated rings. The monoisotopic (exact) mass is 394 g/mol. The highest BCUT2D eigenvalue weighted by molar-refractivity contribution is 6.30. The van der Waals surface area contributed by atoms with Gasteiger partial charge in [-0.15, -0.1) is 0 Å². The van der Waals surface area contributed by atoms with Crippen LogP contribution in [0.2, 0.25) is 5.02 Å². The fourth-order valence-corrected chi connectivity index (χ4v) is 4.44. The molecule has 28 heavy (non-hydrogen) atoms. The molecule has 1 amide bonds. The van der Waals surface area contributed by atoms with E-state index in [-0.39, 0.29) is 11.8 Å². The van der Waals surface area contributed by atoms with Gasteiger partial charge in [0.1, 0.15) is 0 Å². The molecule has 0 spiro atoms. The van der Waals surface area contributed by atoms with Crippen LogP contribution in [0.5, 0.6) is 0 Å². The molecule has 0 N–H and O–H groups in total. The lowest BCUT2D eigenvalue weighted by Crippen LogP contribution is -2.38. The predicted molar refractivity (Wildman–Crippen MR) is 116 cm³/mol. The van der Waals surface area contributed by atoms with Gasteiger partial charge in [-0.2, -0.15) is 0 Å². The largest absolute Gasteiger partial charge is 0.350 e. The van der Waals surface area contributed by atoms with Gasteiger partial charge in [-0.25, -0.2) is 0 Å². The molecule has 1 aromatic heterocycles. The molecule has 0 unspecified atom stereocenters. The van der Waals surface area contributed by atoms with Gasteiger partial charge in [0.25, 0.3) is 0 Å². The van der Waals surface area contributed by atoms with Crippen molar-refractivity contribution in [1.82, 2.24) is 9.47 Å². The number of fused-ring (bicyclic) bond motifs is 1. The van der Waals surface area contributed by atoms with E-state index in [1.807, 2.05) is 17.0 Å². The average Bonchev–Trinajstić information content (AvgIpc) is 3.04. The lowest BCUT2D eigenvalue weighted by atomic mass is 9.87. The maximum absolute atomic E-state index is 13.2. The third-order valence-electron chi connectivity index (χ3n) is 6.09. The van der Waals surface area contributed by atoms with Gasteiger partial charge in [0.15, 0.2) is 0 Å². The van der Waals surface area contributed by atoms with E-state index in [1.54, 1.807) is 0 Å². The minimum Gasteiger partial charge on any atom is -0.350 e. The fraction of sp³-hybridized carbons (Fsp3) is 0.375. The first kappa shape index (κ1) is 19.1. The van der Waals surface area contributed by atoms with Crippen molar-refractivity contribution in [3.05, 3.63) is 70.9 Å². The number of para-hydroxylation sites is 1. The number of carbonyl (C=O) groups is 1. The molecular formula is C24H27ClN2O. The molecule has 2 heterocycles. The van der Waals surface area contributed by atoms with Crippen LogP contribution in [-0.2, 0) is 11.8 Å². The molecule has 1 aliphatic rings. The first-order chi connectivity index (χ1) is 13.5. The standard InChI is InChI=1S/C24H27ClN2O/c1-17-11-13-27(14-12-17)24(28)15-21(18-7-9-19(25)10-8-18)22-16-26(2)23-6-4-3-5-20(22)23/h3-10,16-17,21H,11-15H2,1-2H3/t21-/m1/s1. The van der Waals surface area contributed by atoms with Gasteiger partial charge in [-0.1, -0.05) is 48.9 Å². The molecule has 146 valence electrons. The number of likely N-dealkylation sites (tertiary alicyclic amines) is 1. The summed E-state index contributed by atoms with van der Waals surface area (Å²) in [5.41, 5.74) is 3.54. The highest BCUT2D eigenvalue weighted by Crippen LogP contribution is 2.35. The SMILES string of the molecule is CC1CCN(C(=O)C[C@H](c2ccc(Cl)cc2)c2cn(C)c3ccccc23)CC1. The molecule has 1 aliphatic heterocycles. The van der Waals surface area contributed by atoms with Gasteiger partial charge in [0, 0.05) is 54.6 Å². The Hall–Kier alpha value is -2.26. The van der Waals surface area contributed by atoms with Crippen molar-refractivity contribution < 1.29 is 4.79 Å². The van der Waals surface area contributed by atoms with Crippen molar-refractivity contribution in [2.24, 2.45) is 13.0 Å². The third kappa shape index (κ3) is 3.81. The Morgan fingerprint density at radius 3 is 2.50 bits per heavy atom. The van der Waals surface area contributed by atoms with E-state index in [2.05, 4.69) is 61.1 Å². The molecule has 0 saturated carbocycles. The van der Waals surface area contributed by atoms with Crippen molar-refractivity contribution >= 4 is 28.4 Å². The second kappa shape index (κ2) is 8.00. The van der Waals surface area contributed by atoms with Crippen LogP contribution in [0, 0.1) is 5.92 Å². The van der Waals surface area contributed by atoms with Crippen LogP contribution in [0.25, 0.3) is 10.9 Å². The summed E-state index contributed by atoms with van der Waals surface area (Å²) >= 11 is 6.12. The second-order valence-corrected chi connectivity index (χ2v) is 8.52. The van der Waals surface area contributed by atoms with Crippen LogP contribution >= 0.6 is 11.6 Å². The Morgan fingerprint density at radius 2 is 1.79 bits per heavy atom. The lowest BCUT2D eigenvalue weighted by molar-refractivity contribution is -0.132. The number of hydrogen-bond donors (Lipinski definition) is 0. The van der Waals surface area contributed by atoms with Crippen LogP contribution in [0.4, 0.5) is 0 Å². The Kier molecular flexibility index (Phi) is 5.45. The number of aryl methyl sites for hydroxylation is 1. The zero-order valence-electron chi connectivity index (χ0n) is 16.6. The summed E-state index contributed by atoms with van der Waals surface area (Å²) in [6, 6.07) is 16.4. The fourth-order valence-electron chi connectivity index (χ4n) is 4.31. The summed E-state index contributed by atoms with van der Waals surface area (Å²) in [6.07, 6.45) is 4.87. The van der Waals surface area contributed by atoms with Crippen LogP contribution < -0.4 is 0 Å². The number of benzene rings is 2. The van der Waals surface area contributed by atoms with E-state index in [0.29, 0.717) is 12.3 Å². The number of amides is 1. The molecule has 0 radical (unpaired) electrons. The predicted octanol–water partition coefficient (Wildman–Crippen LogP) is 5.61. The van der Waals surface area contributed by atoms with Crippen molar-refractivity contribution in [2.75, 3.05) is 13.1 Å². The molecule has 4 heteroatoms. The van der Waals surface area contributed by atoms with Crippen molar-refractivity contribution in [2.45, 2.75) is 32.1 Å². The summed E-state index contributed by atoms with van der Waals surface area (Å²) < 4.78 is 2.15. The molecule has 1 saturated heterocycles. The molecular weight excluding hydrogens is 368 g/mol. The van der Waals surface area contributed by atoms with E-state index in [4.69, 9.17) is 11.6 Å². The summed E-state index contributed by atoms with van der Waals surface area (Å²) in [4.78, 5) is 15.2. The zero-order chi connectivity index (χ0) is 19.7. The summed E-state index contributed by atoms with van der Waals surface area (Å²) in [6.45, 7) is 4.03. The zero-order valence-corrected chi connectivity index (χ0v) is 17.3. The minimum atomic E-state index is 0.0233. The van der Waals surface area contributed by atoms with Gasteiger partial charge >= 0.3 is 0 Å². The highest BCUT2D eigenvalue weighted by atomic mass is 35.5. The van der Waals surface area contributed by atoms with Crippen LogP contribution in [-0.4, -0.2) is 28.5 Å². The van der Waals surface area contributed by atoms with E-state index < -0.39 is 0 Å². The molecule has 1 atom stereocenters. The van der Waals surface area contributed by atoms with E-state index in [9.17, 15) is 4.79 Å². The maximum Gasteiger partial charge on any atom is 0.223 e. The summed E-state index contributed by atoms with van der Waals surface area (Å²) in [7, 11) is 2.07. The number of hydrogen-bond acceptors (Lipinski definition) is 1. The normalized spacial score (nSPS) is 16.5. The van der Waals surface area contributed by atoms with Crippen molar-refractivity contribution in [1.29, 1.82) is 0 Å². The maximum atomic E-state index is 13.2. The van der Waals surface area contributed by atoms with E-state index in [0.717, 1.165) is 36.5 Å². The number of carbonyl (C=O) groups excluding carboxylic acids is 1. The van der Waals surface area contributed by atoms with E-state index in [1.165, 1.54) is 16.5 Å². The Labute approximate surface area is 171 Å². The summed E-state index contributed by atoms with van der Waals surface area (Å²) in [5, 5.41) is 1.93. The number of rotatable bonds is 4. The lowest BCUT2D eigenvalue weighted by Gasteiger charge is -2.31. The smallest absolute Gasteiger partial charge is 0.223 e. The Balaban J connectivity index is 1.70. The van der Waals surface area contributed by atoms with Crippen molar-refractivity contribution in [3.8, 4) is 0 Å². The van der Waals surface area contributed by atoms with E-state index >= 15 is 0 Å². The van der Waals surface area contributed by atoms with Gasteiger partial charge in [-0.3, -0.25) is 4.79 Å². The quantitative estimate of drug-likeness (QED) is 0.564. The molecule has 3 nitrogen and oxygen atoms in total. The highest BCUT2D eigenvalue weighted by Gasteiger charge is 2.26. The first-order valence-electron chi connectivity index (χ1n) is 10.1. The number of aromatic nitrogens is 1. The molecule has 0 aliphatic carbocycles. The third-order valence-corrected chi connectivity index (χ3v) is 6.34. The van der Waals surface area contributed by atoms with Crippen LogP contribution in [0.15, 0.2) is 54.7 Å². The van der Waals surface area contributed by atoms with Crippen molar-refractivity contribution in [3.63, 3.8) is 0 Å². The van der Waals surface area contributed by atoms with Crippen LogP contribution in [0.1, 0.15) is 43.2 Å². The second-order valence-electron chi connectivity index (χ2n) is 8.08. The Morgan fingerprint density at radius 1 is 1.11 bits per heavy atom. The topological polar surface area (TPSA) is 25.2 Å².